The molecular weight excluding hydrogens is 498 g/mol. The van der Waals surface area contributed by atoms with E-state index in [-0.39, 0.29) is 5.91 Å². The van der Waals surface area contributed by atoms with Gasteiger partial charge in [-0.1, -0.05) is 121 Å². The van der Waals surface area contributed by atoms with Crippen molar-refractivity contribution in [2.45, 2.75) is 6.42 Å². The minimum absolute atomic E-state index is 0.0220. The van der Waals surface area contributed by atoms with Gasteiger partial charge in [0.1, 0.15) is 0 Å². The molecule has 1 aliphatic rings. The molecule has 0 radical (unpaired) electrons. The maximum absolute atomic E-state index is 14.5. The van der Waals surface area contributed by atoms with E-state index in [0.717, 1.165) is 61.1 Å². The van der Waals surface area contributed by atoms with Crippen LogP contribution in [0.4, 0.5) is 11.4 Å². The van der Waals surface area contributed by atoms with Gasteiger partial charge in [-0.25, -0.2) is 0 Å². The second kappa shape index (κ2) is 9.58. The molecule has 0 fully saturated rings. The minimum atomic E-state index is -0.0220. The summed E-state index contributed by atoms with van der Waals surface area (Å²) in [6, 6.07) is 45.0. The number of anilines is 2. The van der Waals surface area contributed by atoms with Crippen molar-refractivity contribution >= 4 is 39.7 Å². The van der Waals surface area contributed by atoms with E-state index in [1.165, 1.54) is 0 Å². The second-order valence-electron chi connectivity index (χ2n) is 9.82. The Labute approximate surface area is 232 Å². The third-order valence-corrected chi connectivity index (χ3v) is 7.69. The van der Waals surface area contributed by atoms with E-state index in [1.54, 1.807) is 0 Å². The van der Waals surface area contributed by atoms with Gasteiger partial charge in [-0.15, -0.1) is 0 Å². The van der Waals surface area contributed by atoms with Crippen LogP contribution in [-0.2, 0) is 6.42 Å². The van der Waals surface area contributed by atoms with E-state index in [2.05, 4.69) is 72.8 Å². The van der Waals surface area contributed by atoms with Crippen LogP contribution >= 0.6 is 11.6 Å². The minimum Gasteiger partial charge on any atom is -0.276 e. The summed E-state index contributed by atoms with van der Waals surface area (Å²) in [5.41, 5.74) is 8.94. The number of para-hydroxylation sites is 1. The van der Waals surface area contributed by atoms with Gasteiger partial charge in [0.05, 0.1) is 11.3 Å². The molecule has 1 amide bonds. The molecule has 186 valence electrons. The number of nitrogens with zero attached hydrogens (tertiary/aromatic N) is 1. The Morgan fingerprint density at radius 1 is 0.590 bits per heavy atom. The fourth-order valence-electron chi connectivity index (χ4n) is 5.89. The first kappa shape index (κ1) is 23.5. The summed E-state index contributed by atoms with van der Waals surface area (Å²) in [4.78, 5) is 16.3. The highest BCUT2D eigenvalue weighted by molar-refractivity contribution is 6.36. The first-order valence-electron chi connectivity index (χ1n) is 13.1. The molecule has 2 nitrogen and oxygen atoms in total. The number of amides is 1. The Kier molecular flexibility index (Phi) is 5.76. The molecule has 0 atom stereocenters. The fraction of sp³-hybridized carbons (Fsp3) is 0.0278. The highest BCUT2D eigenvalue weighted by atomic mass is 35.5. The lowest BCUT2D eigenvalue weighted by atomic mass is 9.81. The molecule has 0 bridgehead atoms. The van der Waals surface area contributed by atoms with Gasteiger partial charge in [-0.05, 0) is 69.5 Å². The summed E-state index contributed by atoms with van der Waals surface area (Å²) in [6.07, 6.45) is 0.632. The number of hydrogen-bond donors (Lipinski definition) is 0. The van der Waals surface area contributed by atoms with E-state index in [1.807, 2.05) is 65.6 Å². The molecule has 1 heterocycles. The number of benzene rings is 6. The zero-order valence-corrected chi connectivity index (χ0v) is 21.9. The van der Waals surface area contributed by atoms with Gasteiger partial charge in [0.25, 0.3) is 5.91 Å². The zero-order valence-electron chi connectivity index (χ0n) is 21.1. The molecule has 0 spiro atoms. The Bertz CT molecular complexity index is 1830. The highest BCUT2D eigenvalue weighted by Crippen LogP contribution is 2.52. The van der Waals surface area contributed by atoms with Crippen LogP contribution in [0.3, 0.4) is 0 Å². The van der Waals surface area contributed by atoms with E-state index in [4.69, 9.17) is 11.6 Å². The monoisotopic (exact) mass is 521 g/mol. The van der Waals surface area contributed by atoms with Crippen LogP contribution in [0.1, 0.15) is 21.5 Å². The van der Waals surface area contributed by atoms with Gasteiger partial charge in [-0.2, -0.15) is 0 Å². The Morgan fingerprint density at radius 3 is 1.74 bits per heavy atom. The molecule has 0 unspecified atom stereocenters. The number of halogens is 1. The van der Waals surface area contributed by atoms with Gasteiger partial charge in [0.15, 0.2) is 0 Å². The standard InChI is InChI=1S/C36H24ClNO/c37-27-22-30-33(26-17-9-3-10-18-26)32(25-15-7-2-8-16-25)29(21-24-13-5-1-6-14-24)35-34(30)31(23-27)38(36(35)39)28-19-11-4-12-20-28/h1-20,22-23H,21H2. The van der Waals surface area contributed by atoms with E-state index >= 15 is 0 Å². The number of carbonyl (C=O) groups is 1. The summed E-state index contributed by atoms with van der Waals surface area (Å²) in [5, 5.41) is 2.55. The molecule has 0 saturated carbocycles. The van der Waals surface area contributed by atoms with Crippen molar-refractivity contribution in [2.75, 3.05) is 4.90 Å². The van der Waals surface area contributed by atoms with Gasteiger partial charge >= 0.3 is 0 Å². The SMILES string of the molecule is O=C1c2c(Cc3ccccc3)c(-c3ccccc3)c(-c3ccccc3)c3cc(Cl)cc(c23)N1c1ccccc1. The molecule has 39 heavy (non-hydrogen) atoms. The lowest BCUT2D eigenvalue weighted by Gasteiger charge is -2.21. The van der Waals surface area contributed by atoms with Crippen LogP contribution in [0.2, 0.25) is 5.02 Å². The predicted molar refractivity (Wildman–Crippen MR) is 162 cm³/mol. The third-order valence-electron chi connectivity index (χ3n) is 7.48. The first-order valence-corrected chi connectivity index (χ1v) is 13.4. The molecule has 6 aromatic rings. The zero-order chi connectivity index (χ0) is 26.3. The van der Waals surface area contributed by atoms with Crippen LogP contribution in [-0.4, -0.2) is 5.91 Å². The lowest BCUT2D eigenvalue weighted by molar-refractivity contribution is 0.100. The van der Waals surface area contributed by atoms with Crippen LogP contribution in [0.25, 0.3) is 33.0 Å². The molecule has 0 saturated heterocycles. The van der Waals surface area contributed by atoms with E-state index in [0.29, 0.717) is 11.4 Å². The molecule has 0 aliphatic carbocycles. The molecule has 0 N–H and O–H groups in total. The Balaban J connectivity index is 1.66. The van der Waals surface area contributed by atoms with Crippen molar-refractivity contribution < 1.29 is 4.79 Å². The topological polar surface area (TPSA) is 20.3 Å². The summed E-state index contributed by atoms with van der Waals surface area (Å²) in [6.45, 7) is 0. The number of hydrogen-bond acceptors (Lipinski definition) is 1. The van der Waals surface area contributed by atoms with Crippen molar-refractivity contribution in [2.24, 2.45) is 0 Å². The summed E-state index contributed by atoms with van der Waals surface area (Å²) in [5.74, 6) is -0.0220. The summed E-state index contributed by atoms with van der Waals surface area (Å²) < 4.78 is 0. The van der Waals surface area contributed by atoms with Gasteiger partial charge in [0, 0.05) is 16.1 Å². The molecular formula is C36H24ClNO. The van der Waals surface area contributed by atoms with Gasteiger partial charge in [-0.3, -0.25) is 9.69 Å². The molecule has 7 rings (SSSR count). The van der Waals surface area contributed by atoms with Crippen molar-refractivity contribution in [3.8, 4) is 22.3 Å². The Morgan fingerprint density at radius 2 is 1.13 bits per heavy atom. The fourth-order valence-corrected chi connectivity index (χ4v) is 6.10. The van der Waals surface area contributed by atoms with Crippen LogP contribution in [0.15, 0.2) is 133 Å². The summed E-state index contributed by atoms with van der Waals surface area (Å²) >= 11 is 6.82. The van der Waals surface area contributed by atoms with Crippen LogP contribution in [0, 0.1) is 0 Å². The van der Waals surface area contributed by atoms with Gasteiger partial charge in [0.2, 0.25) is 0 Å². The summed E-state index contributed by atoms with van der Waals surface area (Å²) in [7, 11) is 0. The van der Waals surface area contributed by atoms with Gasteiger partial charge < -0.3 is 0 Å². The average Bonchev–Trinajstić information content (AvgIpc) is 3.28. The molecule has 0 aromatic heterocycles. The van der Waals surface area contributed by atoms with Crippen LogP contribution < -0.4 is 4.90 Å². The highest BCUT2D eigenvalue weighted by Gasteiger charge is 2.37. The van der Waals surface area contributed by atoms with Crippen molar-refractivity contribution in [3.63, 3.8) is 0 Å². The van der Waals surface area contributed by atoms with E-state index < -0.39 is 0 Å². The van der Waals surface area contributed by atoms with E-state index in [9.17, 15) is 4.79 Å². The smallest absolute Gasteiger partial charge is 0.263 e. The largest absolute Gasteiger partial charge is 0.276 e. The van der Waals surface area contributed by atoms with Crippen molar-refractivity contribution in [1.82, 2.24) is 0 Å². The maximum Gasteiger partial charge on any atom is 0.263 e. The van der Waals surface area contributed by atoms with Crippen LogP contribution in [0.5, 0.6) is 0 Å². The maximum atomic E-state index is 14.5. The lowest BCUT2D eigenvalue weighted by Crippen LogP contribution is -2.22. The molecule has 3 heteroatoms. The first-order chi connectivity index (χ1) is 19.2. The normalized spacial score (nSPS) is 12.3. The average molecular weight is 522 g/mol. The number of carbonyl (C=O) groups excluding carboxylic acids is 1. The predicted octanol–water partition coefficient (Wildman–Crippen LogP) is 9.71. The molecule has 6 aromatic carbocycles. The molecule has 1 aliphatic heterocycles. The third kappa shape index (κ3) is 3.93. The number of rotatable bonds is 5. The Hall–Kier alpha value is -4.66. The second-order valence-corrected chi connectivity index (χ2v) is 10.3. The van der Waals surface area contributed by atoms with Crippen molar-refractivity contribution in [1.29, 1.82) is 0 Å². The van der Waals surface area contributed by atoms with Crippen molar-refractivity contribution in [3.05, 3.63) is 155 Å². The quantitative estimate of drug-likeness (QED) is 0.221.